The lowest BCUT2D eigenvalue weighted by molar-refractivity contribution is -0.118. The average Bonchev–Trinajstić information content (AvgIpc) is 2.13. The van der Waals surface area contributed by atoms with Crippen molar-refractivity contribution >= 4 is 23.2 Å². The van der Waals surface area contributed by atoms with Gasteiger partial charge in [0.2, 0.25) is 5.91 Å². The number of primary amides is 1. The summed E-state index contributed by atoms with van der Waals surface area (Å²) in [4.78, 5) is 10.4. The van der Waals surface area contributed by atoms with Crippen LogP contribution in [0.15, 0.2) is 0 Å². The van der Waals surface area contributed by atoms with Crippen LogP contribution in [0.25, 0.3) is 0 Å². The van der Waals surface area contributed by atoms with E-state index < -0.39 is 0 Å². The minimum Gasteiger partial charge on any atom is -0.370 e. The van der Waals surface area contributed by atoms with Crippen molar-refractivity contribution in [2.45, 2.75) is 32.6 Å². The number of carbonyl (C=O) groups is 1. The molecule has 0 rings (SSSR count). The van der Waals surface area contributed by atoms with Crippen molar-refractivity contribution in [2.75, 3.05) is 13.1 Å². The van der Waals surface area contributed by atoms with Crippen molar-refractivity contribution in [3.63, 3.8) is 0 Å². The third-order valence-corrected chi connectivity index (χ3v) is 1.99. The van der Waals surface area contributed by atoms with E-state index in [0.717, 1.165) is 25.8 Å². The van der Waals surface area contributed by atoms with Crippen LogP contribution in [0, 0.1) is 0 Å². The zero-order valence-corrected chi connectivity index (χ0v) is 9.45. The Morgan fingerprint density at radius 1 is 1.29 bits per heavy atom. The molecule has 0 aliphatic heterocycles. The highest BCUT2D eigenvalue weighted by Crippen LogP contribution is 1.85. The maximum absolute atomic E-state index is 10.4. The van der Waals surface area contributed by atoms with Crippen LogP contribution in [0.2, 0.25) is 0 Å². The van der Waals surface area contributed by atoms with Gasteiger partial charge in [0.25, 0.3) is 0 Å². The van der Waals surface area contributed by atoms with E-state index in [9.17, 15) is 4.79 Å². The predicted molar refractivity (Wildman–Crippen MR) is 61.9 cm³/mol. The number of thiocarbonyl (C=S) groups is 1. The van der Waals surface area contributed by atoms with Crippen LogP contribution in [-0.2, 0) is 4.79 Å². The molecule has 0 aliphatic rings. The van der Waals surface area contributed by atoms with Gasteiger partial charge in [-0.25, -0.2) is 0 Å². The zero-order valence-electron chi connectivity index (χ0n) is 8.64. The first kappa shape index (κ1) is 13.2. The van der Waals surface area contributed by atoms with Crippen molar-refractivity contribution in [3.8, 4) is 0 Å². The Morgan fingerprint density at radius 2 is 1.86 bits per heavy atom. The highest BCUT2D eigenvalue weighted by molar-refractivity contribution is 7.80. The molecule has 0 aromatic rings. The summed E-state index contributed by atoms with van der Waals surface area (Å²) in [7, 11) is 0. The lowest BCUT2D eigenvalue weighted by Gasteiger charge is -2.08. The average molecular weight is 217 g/mol. The molecule has 0 spiro atoms. The molecule has 1 amide bonds. The normalized spacial score (nSPS) is 9.50. The molecule has 0 fully saturated rings. The Labute approximate surface area is 90.6 Å². The summed E-state index contributed by atoms with van der Waals surface area (Å²) in [6.45, 7) is 3.73. The van der Waals surface area contributed by atoms with E-state index >= 15 is 0 Å². The quantitative estimate of drug-likeness (QED) is 0.429. The van der Waals surface area contributed by atoms with Crippen molar-refractivity contribution in [1.29, 1.82) is 0 Å². The fraction of sp³-hybridized carbons (Fsp3) is 0.778. The number of carbonyl (C=O) groups excluding carboxylic acids is 1. The van der Waals surface area contributed by atoms with Crippen molar-refractivity contribution < 1.29 is 4.79 Å². The molecule has 5 heteroatoms. The molecular formula is C9H19N3OS. The Balaban J connectivity index is 3.22. The van der Waals surface area contributed by atoms with Crippen LogP contribution >= 0.6 is 12.2 Å². The first-order chi connectivity index (χ1) is 6.66. The fourth-order valence-electron chi connectivity index (χ4n) is 0.906. The molecule has 0 aliphatic carbocycles. The Morgan fingerprint density at radius 3 is 2.36 bits per heavy atom. The number of hydrogen-bond acceptors (Lipinski definition) is 2. The molecule has 82 valence electrons. The third-order valence-electron chi connectivity index (χ3n) is 1.70. The number of rotatable bonds is 7. The Bertz CT molecular complexity index is 185. The van der Waals surface area contributed by atoms with E-state index in [0.29, 0.717) is 18.1 Å². The van der Waals surface area contributed by atoms with Crippen LogP contribution in [-0.4, -0.2) is 24.1 Å². The minimum atomic E-state index is -0.267. The molecule has 0 saturated heterocycles. The molecule has 14 heavy (non-hydrogen) atoms. The number of unbranched alkanes of at least 4 members (excludes halogenated alkanes) is 1. The largest absolute Gasteiger partial charge is 0.370 e. The minimum absolute atomic E-state index is 0.267. The summed E-state index contributed by atoms with van der Waals surface area (Å²) in [6.07, 6.45) is 3.40. The van der Waals surface area contributed by atoms with E-state index in [1.807, 2.05) is 0 Å². The Hall–Kier alpha value is -0.840. The van der Waals surface area contributed by atoms with Gasteiger partial charge in [-0.1, -0.05) is 13.3 Å². The van der Waals surface area contributed by atoms with Gasteiger partial charge in [0.05, 0.1) is 0 Å². The summed E-state index contributed by atoms with van der Waals surface area (Å²) in [5.74, 6) is -0.267. The molecule has 0 atom stereocenters. The van der Waals surface area contributed by atoms with Crippen molar-refractivity contribution in [1.82, 2.24) is 10.6 Å². The molecule has 0 aromatic heterocycles. The van der Waals surface area contributed by atoms with Gasteiger partial charge < -0.3 is 16.4 Å². The van der Waals surface area contributed by atoms with Gasteiger partial charge in [0.15, 0.2) is 5.11 Å². The van der Waals surface area contributed by atoms with Gasteiger partial charge in [-0.2, -0.15) is 0 Å². The second kappa shape index (κ2) is 8.74. The monoisotopic (exact) mass is 217 g/mol. The zero-order chi connectivity index (χ0) is 10.8. The standard InChI is InChI=1S/C9H19N3OS/c1-2-3-6-11-9(14)12-7-4-5-8(10)13/h2-7H2,1H3,(H2,10,13)(H2,11,12,14). The first-order valence-corrected chi connectivity index (χ1v) is 5.37. The van der Waals surface area contributed by atoms with E-state index in [1.54, 1.807) is 0 Å². The molecule has 0 heterocycles. The smallest absolute Gasteiger partial charge is 0.217 e. The molecule has 4 nitrogen and oxygen atoms in total. The number of nitrogens with two attached hydrogens (primary N) is 1. The molecule has 0 saturated carbocycles. The summed E-state index contributed by atoms with van der Waals surface area (Å²) >= 11 is 5.01. The predicted octanol–water partition coefficient (Wildman–Crippen LogP) is 0.516. The fourth-order valence-corrected chi connectivity index (χ4v) is 1.11. The van der Waals surface area contributed by atoms with Crippen LogP contribution in [0.3, 0.4) is 0 Å². The Kier molecular flexibility index (Phi) is 8.22. The van der Waals surface area contributed by atoms with Crippen molar-refractivity contribution in [3.05, 3.63) is 0 Å². The van der Waals surface area contributed by atoms with Gasteiger partial charge in [-0.15, -0.1) is 0 Å². The number of hydrogen-bond donors (Lipinski definition) is 3. The summed E-state index contributed by atoms with van der Waals surface area (Å²) in [5.41, 5.74) is 4.99. The molecule has 4 N–H and O–H groups in total. The molecular weight excluding hydrogens is 198 g/mol. The lowest BCUT2D eigenvalue weighted by atomic mass is 10.3. The van der Waals surface area contributed by atoms with E-state index in [4.69, 9.17) is 18.0 Å². The van der Waals surface area contributed by atoms with Crippen LogP contribution in [0.1, 0.15) is 32.6 Å². The van der Waals surface area contributed by atoms with E-state index in [-0.39, 0.29) is 5.91 Å². The molecule has 0 radical (unpaired) electrons. The SMILES string of the molecule is CCCCNC(=S)NCCCC(N)=O. The molecule has 0 unspecified atom stereocenters. The topological polar surface area (TPSA) is 67.2 Å². The number of amides is 1. The van der Waals surface area contributed by atoms with Crippen LogP contribution in [0.5, 0.6) is 0 Å². The third kappa shape index (κ3) is 9.25. The second-order valence-corrected chi connectivity index (χ2v) is 3.51. The first-order valence-electron chi connectivity index (χ1n) is 4.96. The highest BCUT2D eigenvalue weighted by Gasteiger charge is 1.96. The van der Waals surface area contributed by atoms with Gasteiger partial charge >= 0.3 is 0 Å². The summed E-state index contributed by atoms with van der Waals surface area (Å²) in [6, 6.07) is 0. The molecule has 0 aromatic carbocycles. The van der Waals surface area contributed by atoms with Gasteiger partial charge in [0, 0.05) is 19.5 Å². The van der Waals surface area contributed by atoms with Crippen LogP contribution in [0.4, 0.5) is 0 Å². The maximum atomic E-state index is 10.4. The second-order valence-electron chi connectivity index (χ2n) is 3.11. The van der Waals surface area contributed by atoms with Gasteiger partial charge in [-0.3, -0.25) is 4.79 Å². The molecule has 0 bridgehead atoms. The lowest BCUT2D eigenvalue weighted by Crippen LogP contribution is -2.36. The maximum Gasteiger partial charge on any atom is 0.217 e. The van der Waals surface area contributed by atoms with Crippen LogP contribution < -0.4 is 16.4 Å². The van der Waals surface area contributed by atoms with Crippen molar-refractivity contribution in [2.24, 2.45) is 5.73 Å². The summed E-state index contributed by atoms with van der Waals surface area (Å²) in [5, 5.41) is 6.74. The number of nitrogens with one attached hydrogen (secondary N) is 2. The van der Waals surface area contributed by atoms with E-state index in [2.05, 4.69) is 17.6 Å². The van der Waals surface area contributed by atoms with Gasteiger partial charge in [0.1, 0.15) is 0 Å². The van der Waals surface area contributed by atoms with E-state index in [1.165, 1.54) is 0 Å². The summed E-state index contributed by atoms with van der Waals surface area (Å²) < 4.78 is 0. The highest BCUT2D eigenvalue weighted by atomic mass is 32.1. The van der Waals surface area contributed by atoms with Gasteiger partial charge in [-0.05, 0) is 25.1 Å².